The van der Waals surface area contributed by atoms with Gasteiger partial charge in [0.05, 0.1) is 7.11 Å². The van der Waals surface area contributed by atoms with Gasteiger partial charge in [0, 0.05) is 25.9 Å². The smallest absolute Gasteiger partial charge is 0.316 e. The molecule has 1 fully saturated rings. The third kappa shape index (κ3) is 4.65. The van der Waals surface area contributed by atoms with Gasteiger partial charge in [0.15, 0.2) is 0 Å². The highest BCUT2D eigenvalue weighted by Gasteiger charge is 2.31. The second-order valence-corrected chi connectivity index (χ2v) is 5.95. The molecule has 0 N–H and O–H groups in total. The molecule has 1 heterocycles. The summed E-state index contributed by atoms with van der Waals surface area (Å²) >= 11 is 0. The van der Waals surface area contributed by atoms with Gasteiger partial charge in [-0.15, -0.1) is 0 Å². The number of ether oxygens (including phenoxy) is 1. The number of rotatable bonds is 4. The minimum atomic E-state index is -0.727. The third-order valence-corrected chi connectivity index (χ3v) is 4.29. The minimum absolute atomic E-state index is 0.0314. The topological polar surface area (TPSA) is 63.7 Å². The largest absolute Gasteiger partial charge is 0.468 e. The first-order valence-corrected chi connectivity index (χ1v) is 7.95. The zero-order valence-corrected chi connectivity index (χ0v) is 13.7. The lowest BCUT2D eigenvalue weighted by Gasteiger charge is -2.20. The van der Waals surface area contributed by atoms with E-state index in [4.69, 9.17) is 0 Å². The number of methoxy groups -OCH3 is 1. The maximum Gasteiger partial charge on any atom is 0.316 e. The Hall–Kier alpha value is -2.17. The van der Waals surface area contributed by atoms with E-state index in [1.165, 1.54) is 12.7 Å². The maximum atomic E-state index is 12.3. The molecule has 5 nitrogen and oxygen atoms in total. The summed E-state index contributed by atoms with van der Waals surface area (Å²) in [6, 6.07) is 8.13. The van der Waals surface area contributed by atoms with Crippen LogP contribution in [0.15, 0.2) is 24.3 Å². The molecule has 0 aromatic heterocycles. The molecule has 0 bridgehead atoms. The number of likely N-dealkylation sites (tertiary alicyclic amines) is 1. The van der Waals surface area contributed by atoms with Crippen molar-refractivity contribution in [2.24, 2.45) is 5.92 Å². The first kappa shape index (κ1) is 17.2. The van der Waals surface area contributed by atoms with Crippen LogP contribution in [0.2, 0.25) is 0 Å². The summed E-state index contributed by atoms with van der Waals surface area (Å²) in [5, 5.41) is 0. The Balaban J connectivity index is 1.89. The van der Waals surface area contributed by atoms with Crippen molar-refractivity contribution in [3.8, 4) is 0 Å². The predicted octanol–water partition coefficient (Wildman–Crippen LogP) is 1.91. The second kappa shape index (κ2) is 7.90. The monoisotopic (exact) mass is 317 g/mol. The number of hydrogen-bond acceptors (Lipinski definition) is 4. The number of nitrogens with zero attached hydrogens (tertiary/aromatic N) is 1. The van der Waals surface area contributed by atoms with Crippen molar-refractivity contribution >= 4 is 17.7 Å². The Bertz CT molecular complexity index is 579. The fraction of sp³-hybridized carbons (Fsp3) is 0.500. The number of Topliss-reactive ketones (excluding diaryl/α,β-unsaturated/α-hetero) is 1. The van der Waals surface area contributed by atoms with Crippen molar-refractivity contribution < 1.29 is 19.1 Å². The van der Waals surface area contributed by atoms with Crippen LogP contribution in [-0.4, -0.2) is 42.8 Å². The molecule has 124 valence electrons. The average molecular weight is 317 g/mol. The molecular formula is C18H23NO4. The van der Waals surface area contributed by atoms with Gasteiger partial charge in [-0.2, -0.15) is 0 Å². The van der Waals surface area contributed by atoms with Crippen LogP contribution in [0, 0.1) is 12.8 Å². The lowest BCUT2D eigenvalue weighted by Crippen LogP contribution is -2.32. The van der Waals surface area contributed by atoms with Crippen LogP contribution < -0.4 is 0 Å². The summed E-state index contributed by atoms with van der Waals surface area (Å²) in [6.45, 7) is 2.85. The number of carbonyl (C=O) groups is 3. The lowest BCUT2D eigenvalue weighted by molar-refractivity contribution is -0.149. The van der Waals surface area contributed by atoms with Crippen molar-refractivity contribution in [1.29, 1.82) is 0 Å². The Morgan fingerprint density at radius 2 is 1.91 bits per heavy atom. The Morgan fingerprint density at radius 1 is 1.22 bits per heavy atom. The van der Waals surface area contributed by atoms with Gasteiger partial charge in [-0.05, 0) is 25.3 Å². The molecule has 1 aromatic carbocycles. The van der Waals surface area contributed by atoms with Gasteiger partial charge >= 0.3 is 5.97 Å². The van der Waals surface area contributed by atoms with Gasteiger partial charge in [0.25, 0.3) is 0 Å². The lowest BCUT2D eigenvalue weighted by atomic mass is 10.00. The van der Waals surface area contributed by atoms with Gasteiger partial charge in [0.2, 0.25) is 5.91 Å². The van der Waals surface area contributed by atoms with Crippen LogP contribution >= 0.6 is 0 Å². The standard InChI is InChI=1S/C18H23NO4/c1-13-3-5-14(6-4-13)7-8-17(21)19-11-9-15(18(22)23-2)16(20)10-12-19/h3-6,15H,7-12H2,1-2H3. The van der Waals surface area contributed by atoms with E-state index in [0.717, 1.165) is 5.56 Å². The summed E-state index contributed by atoms with van der Waals surface area (Å²) in [5.74, 6) is -1.33. The second-order valence-electron chi connectivity index (χ2n) is 5.95. The highest BCUT2D eigenvalue weighted by molar-refractivity contribution is 5.99. The Kier molecular flexibility index (Phi) is 5.90. The fourth-order valence-corrected chi connectivity index (χ4v) is 2.78. The van der Waals surface area contributed by atoms with Gasteiger partial charge in [-0.1, -0.05) is 29.8 Å². The minimum Gasteiger partial charge on any atom is -0.468 e. The van der Waals surface area contributed by atoms with E-state index in [-0.39, 0.29) is 18.1 Å². The summed E-state index contributed by atoms with van der Waals surface area (Å²) in [5.41, 5.74) is 2.32. The average Bonchev–Trinajstić information content (AvgIpc) is 2.75. The SMILES string of the molecule is COC(=O)C1CCN(C(=O)CCc2ccc(C)cc2)CCC1=O. The van der Waals surface area contributed by atoms with E-state index in [1.807, 2.05) is 31.2 Å². The zero-order valence-electron chi connectivity index (χ0n) is 13.7. The van der Waals surface area contributed by atoms with Crippen molar-refractivity contribution in [2.75, 3.05) is 20.2 Å². The maximum absolute atomic E-state index is 12.3. The first-order valence-electron chi connectivity index (χ1n) is 7.95. The summed E-state index contributed by atoms with van der Waals surface area (Å²) in [4.78, 5) is 37.6. The van der Waals surface area contributed by atoms with E-state index in [1.54, 1.807) is 4.90 Å². The van der Waals surface area contributed by atoms with Crippen LogP contribution in [0.3, 0.4) is 0 Å². The fourth-order valence-electron chi connectivity index (χ4n) is 2.78. The van der Waals surface area contributed by atoms with Crippen molar-refractivity contribution in [3.05, 3.63) is 35.4 Å². The molecule has 1 aromatic rings. The number of carbonyl (C=O) groups excluding carboxylic acids is 3. The number of amides is 1. The molecule has 23 heavy (non-hydrogen) atoms. The number of ketones is 1. The molecule has 2 rings (SSSR count). The molecule has 1 unspecified atom stereocenters. The zero-order chi connectivity index (χ0) is 16.8. The van der Waals surface area contributed by atoms with Crippen LogP contribution in [0.4, 0.5) is 0 Å². The third-order valence-electron chi connectivity index (χ3n) is 4.29. The van der Waals surface area contributed by atoms with Crippen LogP contribution in [0.1, 0.15) is 30.4 Å². The quantitative estimate of drug-likeness (QED) is 0.628. The molecule has 1 atom stereocenters. The molecule has 0 radical (unpaired) electrons. The van der Waals surface area contributed by atoms with E-state index >= 15 is 0 Å². The van der Waals surface area contributed by atoms with Crippen molar-refractivity contribution in [3.63, 3.8) is 0 Å². The first-order chi connectivity index (χ1) is 11.0. The predicted molar refractivity (Wildman–Crippen MR) is 85.8 cm³/mol. The van der Waals surface area contributed by atoms with E-state index in [0.29, 0.717) is 32.4 Å². The Labute approximate surface area is 136 Å². The molecule has 1 saturated heterocycles. The van der Waals surface area contributed by atoms with E-state index in [2.05, 4.69) is 4.74 Å². The van der Waals surface area contributed by atoms with Crippen molar-refractivity contribution in [1.82, 2.24) is 4.90 Å². The number of benzene rings is 1. The van der Waals surface area contributed by atoms with Crippen molar-refractivity contribution in [2.45, 2.75) is 32.6 Å². The molecule has 1 aliphatic heterocycles. The van der Waals surface area contributed by atoms with E-state index < -0.39 is 11.9 Å². The van der Waals surface area contributed by atoms with Gasteiger partial charge < -0.3 is 9.64 Å². The summed E-state index contributed by atoms with van der Waals surface area (Å²) < 4.78 is 4.66. The number of esters is 1. The normalized spacial score (nSPS) is 18.4. The number of aryl methyl sites for hydroxylation is 2. The van der Waals surface area contributed by atoms with Crippen LogP contribution in [-0.2, 0) is 25.5 Å². The summed E-state index contributed by atoms with van der Waals surface area (Å²) in [6.07, 6.45) is 1.67. The molecule has 0 aliphatic carbocycles. The number of hydrogen-bond donors (Lipinski definition) is 0. The van der Waals surface area contributed by atoms with Crippen LogP contribution in [0.25, 0.3) is 0 Å². The highest BCUT2D eigenvalue weighted by atomic mass is 16.5. The molecular weight excluding hydrogens is 294 g/mol. The van der Waals surface area contributed by atoms with Gasteiger partial charge in [0.1, 0.15) is 11.7 Å². The molecule has 0 saturated carbocycles. The van der Waals surface area contributed by atoms with Gasteiger partial charge in [-0.3, -0.25) is 14.4 Å². The molecule has 1 amide bonds. The highest BCUT2D eigenvalue weighted by Crippen LogP contribution is 2.17. The summed E-state index contributed by atoms with van der Waals surface area (Å²) in [7, 11) is 1.28. The Morgan fingerprint density at radius 3 is 2.57 bits per heavy atom. The molecule has 5 heteroatoms. The van der Waals surface area contributed by atoms with E-state index in [9.17, 15) is 14.4 Å². The molecule has 1 aliphatic rings. The van der Waals surface area contributed by atoms with Gasteiger partial charge in [-0.25, -0.2) is 0 Å². The molecule has 0 spiro atoms. The van der Waals surface area contributed by atoms with Crippen LogP contribution in [0.5, 0.6) is 0 Å².